The van der Waals surface area contributed by atoms with E-state index in [-0.39, 0.29) is 30.6 Å². The summed E-state index contributed by atoms with van der Waals surface area (Å²) in [7, 11) is 0. The first-order chi connectivity index (χ1) is 11.6. The Hall–Kier alpha value is -1.95. The average molecular weight is 333 g/mol. The molecule has 0 spiro atoms. The first kappa shape index (κ1) is 16.9. The molecule has 0 bridgehead atoms. The molecule has 5 nitrogen and oxygen atoms in total. The highest BCUT2D eigenvalue weighted by molar-refractivity contribution is 5.89. The number of carbonyl (C=O) groups excluding carboxylic acids is 2. The van der Waals surface area contributed by atoms with Crippen LogP contribution in [-0.4, -0.2) is 53.8 Å². The Bertz CT molecular complexity index is 602. The predicted molar refractivity (Wildman–Crippen MR) is 88.7 cm³/mol. The summed E-state index contributed by atoms with van der Waals surface area (Å²) in [6.45, 7) is 2.98. The molecule has 2 saturated heterocycles. The van der Waals surface area contributed by atoms with Crippen LogP contribution in [0.15, 0.2) is 24.3 Å². The van der Waals surface area contributed by atoms with Gasteiger partial charge in [0.15, 0.2) is 0 Å². The minimum Gasteiger partial charge on any atom is -0.343 e. The second kappa shape index (κ2) is 7.75. The molecule has 2 heterocycles. The highest BCUT2D eigenvalue weighted by Crippen LogP contribution is 2.15. The molecule has 2 amide bonds. The van der Waals surface area contributed by atoms with Gasteiger partial charge >= 0.3 is 0 Å². The van der Waals surface area contributed by atoms with Crippen LogP contribution in [0.4, 0.5) is 4.39 Å². The summed E-state index contributed by atoms with van der Waals surface area (Å²) < 4.78 is 13.8. The van der Waals surface area contributed by atoms with Gasteiger partial charge in [-0.15, -0.1) is 0 Å². The maximum atomic E-state index is 13.8. The molecule has 1 unspecified atom stereocenters. The van der Waals surface area contributed by atoms with E-state index in [1.165, 1.54) is 12.5 Å². The van der Waals surface area contributed by atoms with E-state index in [9.17, 15) is 14.0 Å². The van der Waals surface area contributed by atoms with Gasteiger partial charge in [0.1, 0.15) is 5.82 Å². The molecule has 2 aliphatic rings. The van der Waals surface area contributed by atoms with Crippen LogP contribution in [0.25, 0.3) is 0 Å². The number of carbonyl (C=O) groups is 2. The van der Waals surface area contributed by atoms with Gasteiger partial charge in [-0.2, -0.15) is 0 Å². The van der Waals surface area contributed by atoms with E-state index < -0.39 is 6.04 Å². The fourth-order valence-corrected chi connectivity index (χ4v) is 3.39. The molecule has 24 heavy (non-hydrogen) atoms. The fraction of sp³-hybridized carbons (Fsp3) is 0.556. The summed E-state index contributed by atoms with van der Waals surface area (Å²) in [5.74, 6) is -0.382. The Kier molecular flexibility index (Phi) is 5.45. The molecule has 3 rings (SSSR count). The van der Waals surface area contributed by atoms with Gasteiger partial charge in [-0.05, 0) is 25.3 Å². The summed E-state index contributed by atoms with van der Waals surface area (Å²) >= 11 is 0. The molecule has 1 aromatic carbocycles. The molecule has 1 atom stereocenters. The summed E-state index contributed by atoms with van der Waals surface area (Å²) in [6, 6.07) is 6.00. The highest BCUT2D eigenvalue weighted by atomic mass is 19.1. The zero-order valence-corrected chi connectivity index (χ0v) is 13.8. The van der Waals surface area contributed by atoms with Gasteiger partial charge < -0.3 is 15.1 Å². The van der Waals surface area contributed by atoms with E-state index in [0.717, 1.165) is 25.9 Å². The molecule has 0 aliphatic carbocycles. The third kappa shape index (κ3) is 3.93. The van der Waals surface area contributed by atoms with Crippen molar-refractivity contribution in [3.8, 4) is 0 Å². The number of nitrogens with one attached hydrogen (secondary N) is 1. The molecule has 1 N–H and O–H groups in total. The SMILES string of the molecule is O=C(CC1NCCN(Cc2ccccc2F)C1=O)N1CCCCC1. The lowest BCUT2D eigenvalue weighted by Gasteiger charge is -2.34. The lowest BCUT2D eigenvalue weighted by molar-refractivity contribution is -0.141. The van der Waals surface area contributed by atoms with Gasteiger partial charge in [-0.3, -0.25) is 9.59 Å². The second-order valence-electron chi connectivity index (χ2n) is 6.50. The van der Waals surface area contributed by atoms with Crippen LogP contribution in [0.1, 0.15) is 31.2 Å². The Balaban J connectivity index is 1.60. The van der Waals surface area contributed by atoms with Crippen molar-refractivity contribution >= 4 is 11.8 Å². The van der Waals surface area contributed by atoms with E-state index in [4.69, 9.17) is 0 Å². The number of amides is 2. The minimum absolute atomic E-state index is 0.0355. The second-order valence-corrected chi connectivity index (χ2v) is 6.50. The van der Waals surface area contributed by atoms with Gasteiger partial charge in [0.25, 0.3) is 0 Å². The molecule has 0 saturated carbocycles. The molecule has 2 fully saturated rings. The number of hydrogen-bond donors (Lipinski definition) is 1. The molecular formula is C18H24FN3O2. The first-order valence-electron chi connectivity index (χ1n) is 8.68. The summed E-state index contributed by atoms with van der Waals surface area (Å²) in [5.41, 5.74) is 0.508. The largest absolute Gasteiger partial charge is 0.343 e. The zero-order chi connectivity index (χ0) is 16.9. The number of hydrogen-bond acceptors (Lipinski definition) is 3. The van der Waals surface area contributed by atoms with Crippen molar-refractivity contribution in [1.82, 2.24) is 15.1 Å². The van der Waals surface area contributed by atoms with Gasteiger partial charge in [-0.1, -0.05) is 18.2 Å². The van der Waals surface area contributed by atoms with Gasteiger partial charge in [0.2, 0.25) is 11.8 Å². The smallest absolute Gasteiger partial charge is 0.240 e. The monoisotopic (exact) mass is 333 g/mol. The summed E-state index contributed by atoms with van der Waals surface area (Å²) in [5, 5.41) is 3.14. The highest BCUT2D eigenvalue weighted by Gasteiger charge is 2.32. The standard InChI is InChI=1S/C18H24FN3O2/c19-15-7-3-2-6-14(15)13-22-11-8-20-16(18(22)24)12-17(23)21-9-4-1-5-10-21/h2-3,6-7,16,20H,1,4-5,8-13H2. The topological polar surface area (TPSA) is 52.7 Å². The molecular weight excluding hydrogens is 309 g/mol. The van der Waals surface area contributed by atoms with E-state index >= 15 is 0 Å². The molecule has 2 aliphatic heterocycles. The average Bonchev–Trinajstić information content (AvgIpc) is 2.61. The minimum atomic E-state index is -0.500. The first-order valence-corrected chi connectivity index (χ1v) is 8.68. The Morgan fingerprint density at radius 2 is 1.92 bits per heavy atom. The number of rotatable bonds is 4. The van der Waals surface area contributed by atoms with E-state index in [0.29, 0.717) is 18.7 Å². The van der Waals surface area contributed by atoms with Crippen LogP contribution < -0.4 is 5.32 Å². The molecule has 1 aromatic rings. The van der Waals surface area contributed by atoms with E-state index in [1.54, 1.807) is 23.1 Å². The predicted octanol–water partition coefficient (Wildman–Crippen LogP) is 1.53. The van der Waals surface area contributed by atoms with Crippen molar-refractivity contribution in [2.24, 2.45) is 0 Å². The number of nitrogens with zero attached hydrogens (tertiary/aromatic N) is 2. The van der Waals surface area contributed by atoms with Crippen molar-refractivity contribution in [3.05, 3.63) is 35.6 Å². The number of piperidine rings is 1. The summed E-state index contributed by atoms with van der Waals surface area (Å²) in [6.07, 6.45) is 3.43. The van der Waals surface area contributed by atoms with Gasteiger partial charge in [0, 0.05) is 38.3 Å². The van der Waals surface area contributed by atoms with Crippen LogP contribution in [-0.2, 0) is 16.1 Å². The summed E-state index contributed by atoms with van der Waals surface area (Å²) in [4.78, 5) is 28.5. The normalized spacial score (nSPS) is 21.9. The third-order valence-electron chi connectivity index (χ3n) is 4.79. The van der Waals surface area contributed by atoms with Crippen molar-refractivity contribution in [3.63, 3.8) is 0 Å². The van der Waals surface area contributed by atoms with Crippen molar-refractivity contribution in [2.75, 3.05) is 26.2 Å². The maximum Gasteiger partial charge on any atom is 0.240 e. The van der Waals surface area contributed by atoms with Crippen molar-refractivity contribution < 1.29 is 14.0 Å². The number of halogens is 1. The van der Waals surface area contributed by atoms with E-state index in [2.05, 4.69) is 5.32 Å². The van der Waals surface area contributed by atoms with Crippen LogP contribution in [0.3, 0.4) is 0 Å². The lowest BCUT2D eigenvalue weighted by Crippen LogP contribution is -2.56. The number of likely N-dealkylation sites (tertiary alicyclic amines) is 1. The zero-order valence-electron chi connectivity index (χ0n) is 13.8. The molecule has 0 aromatic heterocycles. The van der Waals surface area contributed by atoms with Crippen molar-refractivity contribution in [1.29, 1.82) is 0 Å². The maximum absolute atomic E-state index is 13.8. The lowest BCUT2D eigenvalue weighted by atomic mass is 10.1. The van der Waals surface area contributed by atoms with Crippen LogP contribution in [0.5, 0.6) is 0 Å². The Morgan fingerprint density at radius 1 is 1.17 bits per heavy atom. The molecule has 0 radical (unpaired) electrons. The van der Waals surface area contributed by atoms with Crippen LogP contribution >= 0.6 is 0 Å². The fourth-order valence-electron chi connectivity index (χ4n) is 3.39. The Morgan fingerprint density at radius 3 is 2.67 bits per heavy atom. The van der Waals surface area contributed by atoms with Crippen molar-refractivity contribution in [2.45, 2.75) is 38.3 Å². The van der Waals surface area contributed by atoms with Crippen LogP contribution in [0, 0.1) is 5.82 Å². The van der Waals surface area contributed by atoms with E-state index in [1.807, 2.05) is 4.90 Å². The van der Waals surface area contributed by atoms with Gasteiger partial charge in [-0.25, -0.2) is 4.39 Å². The van der Waals surface area contributed by atoms with Crippen LogP contribution in [0.2, 0.25) is 0 Å². The quantitative estimate of drug-likeness (QED) is 0.909. The number of piperazine rings is 1. The third-order valence-corrected chi connectivity index (χ3v) is 4.79. The number of benzene rings is 1. The van der Waals surface area contributed by atoms with Gasteiger partial charge in [0.05, 0.1) is 12.5 Å². The Labute approximate surface area is 141 Å². The molecule has 130 valence electrons. The molecule has 6 heteroatoms.